The molecule has 0 aliphatic carbocycles. The molecule has 0 bridgehead atoms. The monoisotopic (exact) mass is 407 g/mol. The van der Waals surface area contributed by atoms with Gasteiger partial charge in [-0.3, -0.25) is 4.52 Å². The molecule has 1 aliphatic heterocycles. The minimum atomic E-state index is -3.61. The van der Waals surface area contributed by atoms with Crippen molar-refractivity contribution in [3.8, 4) is 0 Å². The zero-order valence-corrected chi connectivity index (χ0v) is 18.0. The van der Waals surface area contributed by atoms with Crippen molar-refractivity contribution in [2.45, 2.75) is 38.5 Å². The first kappa shape index (κ1) is 22.2. The molecule has 0 radical (unpaired) electrons. The molecule has 0 aromatic heterocycles. The van der Waals surface area contributed by atoms with E-state index in [9.17, 15) is 9.46 Å². The smallest absolute Gasteiger partial charge is 0.316 e. The van der Waals surface area contributed by atoms with Gasteiger partial charge >= 0.3 is 6.80 Å². The van der Waals surface area contributed by atoms with Gasteiger partial charge in [-0.05, 0) is 48.6 Å². The lowest BCUT2D eigenvalue weighted by Gasteiger charge is -2.32. The summed E-state index contributed by atoms with van der Waals surface area (Å²) in [4.78, 5) is 12.3. The normalized spacial score (nSPS) is 24.9. The topological polar surface area (TPSA) is 49.8 Å². The van der Waals surface area contributed by atoms with Crippen LogP contribution in [0.1, 0.15) is 49.7 Å². The first-order valence-corrected chi connectivity index (χ1v) is 12.6. The maximum Gasteiger partial charge on any atom is 0.387 e. The third-order valence-electron chi connectivity index (χ3n) is 4.63. The van der Waals surface area contributed by atoms with Crippen LogP contribution in [-0.4, -0.2) is 29.4 Å². The highest BCUT2D eigenvalue weighted by atomic mass is 32.7. The standard InChI is InChI=1S/C15H15O3PS.C6H15N/c16-19(17)18-14(12-7-3-1-4-8-12)11-15(20-19)13-9-5-2-6-10-13;1-4-7(5-2)6-3/h1-10,14-15H,11H2,(H,16,17);4-6H2,1-3H3. The number of benzene rings is 2. The van der Waals surface area contributed by atoms with Gasteiger partial charge in [0.25, 0.3) is 0 Å². The van der Waals surface area contributed by atoms with Gasteiger partial charge in [-0.2, -0.15) is 0 Å². The van der Waals surface area contributed by atoms with E-state index in [1.165, 1.54) is 19.6 Å². The van der Waals surface area contributed by atoms with Gasteiger partial charge in [0.05, 0.1) is 6.10 Å². The molecule has 6 heteroatoms. The van der Waals surface area contributed by atoms with E-state index in [1.54, 1.807) is 0 Å². The highest BCUT2D eigenvalue weighted by molar-refractivity contribution is 8.55. The lowest BCUT2D eigenvalue weighted by Crippen LogP contribution is -2.21. The number of hydrogen-bond acceptors (Lipinski definition) is 4. The Balaban J connectivity index is 0.000000321. The summed E-state index contributed by atoms with van der Waals surface area (Å²) in [6.07, 6.45) is 0.363. The van der Waals surface area contributed by atoms with E-state index < -0.39 is 6.80 Å². The summed E-state index contributed by atoms with van der Waals surface area (Å²) in [5.74, 6) is 0. The van der Waals surface area contributed by atoms with E-state index in [0.29, 0.717) is 6.42 Å². The molecule has 2 aromatic carbocycles. The molecule has 0 spiro atoms. The fourth-order valence-corrected chi connectivity index (χ4v) is 6.52. The van der Waals surface area contributed by atoms with Crippen LogP contribution in [0.5, 0.6) is 0 Å². The van der Waals surface area contributed by atoms with Crippen LogP contribution >= 0.6 is 18.2 Å². The van der Waals surface area contributed by atoms with Gasteiger partial charge < -0.3 is 9.79 Å². The number of rotatable bonds is 5. The molecule has 1 heterocycles. The third-order valence-corrected chi connectivity index (χ3v) is 7.96. The lowest BCUT2D eigenvalue weighted by atomic mass is 10.0. The number of nitrogens with zero attached hydrogens (tertiary/aromatic N) is 1. The number of hydrogen-bond donors (Lipinski definition) is 1. The van der Waals surface area contributed by atoms with E-state index in [1.807, 2.05) is 60.7 Å². The highest BCUT2D eigenvalue weighted by Crippen LogP contribution is 2.69. The second-order valence-electron chi connectivity index (χ2n) is 6.33. The fourth-order valence-electron chi connectivity index (χ4n) is 3.03. The van der Waals surface area contributed by atoms with E-state index >= 15 is 0 Å². The summed E-state index contributed by atoms with van der Waals surface area (Å²) in [5, 5.41) is -0.0222. The Morgan fingerprint density at radius 3 is 1.89 bits per heavy atom. The second kappa shape index (κ2) is 11.0. The second-order valence-corrected chi connectivity index (χ2v) is 10.3. The van der Waals surface area contributed by atoms with Gasteiger partial charge in [0, 0.05) is 5.25 Å². The van der Waals surface area contributed by atoms with Crippen molar-refractivity contribution < 1.29 is 14.0 Å². The van der Waals surface area contributed by atoms with Crippen LogP contribution in [0.3, 0.4) is 0 Å². The molecule has 3 atom stereocenters. The van der Waals surface area contributed by atoms with E-state index in [-0.39, 0.29) is 11.4 Å². The van der Waals surface area contributed by atoms with Gasteiger partial charge in [0.1, 0.15) is 0 Å². The maximum absolute atomic E-state index is 12.1. The van der Waals surface area contributed by atoms with Gasteiger partial charge in [0.2, 0.25) is 0 Å². The van der Waals surface area contributed by atoms with Crippen molar-refractivity contribution in [3.05, 3.63) is 71.8 Å². The molecular weight excluding hydrogens is 377 g/mol. The van der Waals surface area contributed by atoms with Crippen molar-refractivity contribution in [2.24, 2.45) is 0 Å². The first-order chi connectivity index (χ1) is 13.0. The SMILES string of the molecule is CCN(CC)CC.O=P1(O)OC(c2ccccc2)CC(c2ccccc2)S1. The highest BCUT2D eigenvalue weighted by Gasteiger charge is 2.38. The third kappa shape index (κ3) is 7.10. The van der Waals surface area contributed by atoms with Gasteiger partial charge in [0.15, 0.2) is 0 Å². The molecule has 1 fully saturated rings. The molecule has 27 heavy (non-hydrogen) atoms. The molecular formula is C21H30NO3PS. The Kier molecular flexibility index (Phi) is 9.07. The Morgan fingerprint density at radius 2 is 1.44 bits per heavy atom. The van der Waals surface area contributed by atoms with Crippen molar-refractivity contribution in [1.82, 2.24) is 4.90 Å². The molecule has 2 aromatic rings. The van der Waals surface area contributed by atoms with Crippen LogP contribution < -0.4 is 0 Å². The average Bonchev–Trinajstić information content (AvgIpc) is 2.70. The lowest BCUT2D eigenvalue weighted by molar-refractivity contribution is 0.171. The van der Waals surface area contributed by atoms with Crippen molar-refractivity contribution in [1.29, 1.82) is 0 Å². The molecule has 1 saturated heterocycles. The van der Waals surface area contributed by atoms with Crippen LogP contribution in [0.2, 0.25) is 0 Å². The van der Waals surface area contributed by atoms with Gasteiger partial charge in [-0.15, -0.1) is 0 Å². The average molecular weight is 408 g/mol. The summed E-state index contributed by atoms with van der Waals surface area (Å²) in [5.41, 5.74) is 2.01. The van der Waals surface area contributed by atoms with Crippen LogP contribution in [0, 0.1) is 0 Å². The largest absolute Gasteiger partial charge is 0.387 e. The summed E-state index contributed by atoms with van der Waals surface area (Å²) in [6, 6.07) is 19.5. The van der Waals surface area contributed by atoms with Crippen LogP contribution in [0.4, 0.5) is 0 Å². The van der Waals surface area contributed by atoms with Crippen LogP contribution in [0.25, 0.3) is 0 Å². The van der Waals surface area contributed by atoms with Crippen LogP contribution in [-0.2, 0) is 9.09 Å². The first-order valence-electron chi connectivity index (χ1n) is 9.50. The Labute approximate surface area is 167 Å². The summed E-state index contributed by atoms with van der Waals surface area (Å²) in [6.45, 7) is 6.51. The quantitative estimate of drug-likeness (QED) is 0.610. The van der Waals surface area contributed by atoms with Crippen molar-refractivity contribution in [2.75, 3.05) is 19.6 Å². The predicted octanol–water partition coefficient (Wildman–Crippen LogP) is 6.07. The molecule has 1 N–H and O–H groups in total. The summed E-state index contributed by atoms with van der Waals surface area (Å²) in [7, 11) is 0. The fraction of sp³-hybridized carbons (Fsp3) is 0.429. The minimum Gasteiger partial charge on any atom is -0.316 e. The molecule has 1 aliphatic rings. The zero-order valence-electron chi connectivity index (χ0n) is 16.3. The molecule has 3 unspecified atom stereocenters. The molecule has 0 saturated carbocycles. The van der Waals surface area contributed by atoms with Crippen molar-refractivity contribution >= 4 is 18.2 Å². The molecule has 148 valence electrons. The van der Waals surface area contributed by atoms with Crippen molar-refractivity contribution in [3.63, 3.8) is 0 Å². The molecule has 4 nitrogen and oxygen atoms in total. The Morgan fingerprint density at radius 1 is 0.963 bits per heavy atom. The predicted molar refractivity (Wildman–Crippen MR) is 115 cm³/mol. The van der Waals surface area contributed by atoms with E-state index in [2.05, 4.69) is 25.7 Å². The van der Waals surface area contributed by atoms with Gasteiger partial charge in [-0.1, -0.05) is 81.4 Å². The Bertz CT molecular complexity index is 653. The molecule has 3 rings (SSSR count). The molecule has 0 amide bonds. The maximum atomic E-state index is 12.1. The minimum absolute atomic E-state index is 0.0222. The van der Waals surface area contributed by atoms with Gasteiger partial charge in [-0.25, -0.2) is 4.57 Å². The van der Waals surface area contributed by atoms with E-state index in [4.69, 9.17) is 4.52 Å². The zero-order chi connectivity index (χ0) is 19.7. The summed E-state index contributed by atoms with van der Waals surface area (Å²) < 4.78 is 17.5. The summed E-state index contributed by atoms with van der Waals surface area (Å²) >= 11 is 1.03. The van der Waals surface area contributed by atoms with Crippen LogP contribution in [0.15, 0.2) is 60.7 Å². The Hall–Kier alpha value is -1.10. The van der Waals surface area contributed by atoms with E-state index in [0.717, 1.165) is 22.5 Å².